The Kier molecular flexibility index (Phi) is 5.64. The fraction of sp³-hybridized carbons (Fsp3) is 0.176. The average molecular weight is 286 g/mol. The van der Waals surface area contributed by atoms with Crippen LogP contribution in [-0.2, 0) is 18.0 Å². The van der Waals surface area contributed by atoms with E-state index >= 15 is 0 Å². The Morgan fingerprint density at radius 2 is 1.45 bits per heavy atom. The van der Waals surface area contributed by atoms with Gasteiger partial charge in [-0.25, -0.2) is 0 Å². The van der Waals surface area contributed by atoms with Gasteiger partial charge >= 0.3 is 0 Å². The van der Waals surface area contributed by atoms with Crippen molar-refractivity contribution in [3.8, 4) is 11.8 Å². The monoisotopic (exact) mass is 285 g/mol. The number of nitrogens with two attached hydrogens (primary N) is 1. The van der Waals surface area contributed by atoms with Crippen molar-refractivity contribution in [3.63, 3.8) is 0 Å². The third kappa shape index (κ3) is 4.71. The molecule has 0 aliphatic carbocycles. The Bertz CT molecular complexity index is 594. The number of benzene rings is 2. The van der Waals surface area contributed by atoms with Crippen LogP contribution in [0.5, 0.6) is 0 Å². The molecule has 0 saturated carbocycles. The molecule has 0 amide bonds. The molecule has 0 bridgehead atoms. The quantitative estimate of drug-likeness (QED) is 0.874. The average Bonchev–Trinajstić information content (AvgIpc) is 2.48. The third-order valence-corrected chi connectivity index (χ3v) is 2.99. The zero-order valence-electron chi connectivity index (χ0n) is 11.1. The van der Waals surface area contributed by atoms with Crippen molar-refractivity contribution in [1.29, 1.82) is 0 Å². The van der Waals surface area contributed by atoms with E-state index in [1.807, 2.05) is 48.5 Å². The number of rotatable bonds is 4. The predicted octanol–water partition coefficient (Wildman–Crippen LogP) is 3.37. The lowest BCUT2D eigenvalue weighted by Gasteiger charge is -2.05. The number of halogens is 1. The maximum absolute atomic E-state index is 5.83. The van der Waals surface area contributed by atoms with Crippen LogP contribution in [0.15, 0.2) is 48.5 Å². The van der Waals surface area contributed by atoms with E-state index in [9.17, 15) is 0 Å². The van der Waals surface area contributed by atoms with Crippen molar-refractivity contribution in [2.24, 2.45) is 5.73 Å². The molecule has 20 heavy (non-hydrogen) atoms. The molecule has 0 saturated heterocycles. The number of ether oxygens (including phenoxy) is 1. The molecule has 0 spiro atoms. The van der Waals surface area contributed by atoms with Crippen LogP contribution in [0.4, 0.5) is 0 Å². The summed E-state index contributed by atoms with van der Waals surface area (Å²) in [6.07, 6.45) is 0. The zero-order valence-corrected chi connectivity index (χ0v) is 11.9. The van der Waals surface area contributed by atoms with E-state index in [-0.39, 0.29) is 0 Å². The highest BCUT2D eigenvalue weighted by Gasteiger charge is 1.96. The first kappa shape index (κ1) is 14.6. The van der Waals surface area contributed by atoms with Crippen LogP contribution in [0, 0.1) is 11.8 Å². The SMILES string of the molecule is NCC#Cc1ccc(COCc2ccc(Cl)cc2)cc1. The summed E-state index contributed by atoms with van der Waals surface area (Å²) in [6, 6.07) is 15.6. The van der Waals surface area contributed by atoms with Crippen molar-refractivity contribution in [1.82, 2.24) is 0 Å². The lowest BCUT2D eigenvalue weighted by Crippen LogP contribution is -1.94. The molecule has 2 nitrogen and oxygen atoms in total. The molecule has 0 radical (unpaired) electrons. The van der Waals surface area contributed by atoms with E-state index in [0.29, 0.717) is 19.8 Å². The lowest BCUT2D eigenvalue weighted by molar-refractivity contribution is 0.107. The smallest absolute Gasteiger partial charge is 0.0721 e. The Labute approximate surface area is 124 Å². The van der Waals surface area contributed by atoms with E-state index in [4.69, 9.17) is 22.1 Å². The first-order chi connectivity index (χ1) is 9.78. The summed E-state index contributed by atoms with van der Waals surface area (Å²) in [5.41, 5.74) is 8.54. The van der Waals surface area contributed by atoms with Gasteiger partial charge in [0.1, 0.15) is 0 Å². The molecule has 0 atom stereocenters. The molecule has 0 unspecified atom stereocenters. The van der Waals surface area contributed by atoms with E-state index in [1.54, 1.807) is 0 Å². The van der Waals surface area contributed by atoms with Crippen molar-refractivity contribution in [3.05, 3.63) is 70.2 Å². The molecule has 2 aromatic carbocycles. The molecule has 0 aliphatic heterocycles. The van der Waals surface area contributed by atoms with Crippen molar-refractivity contribution < 1.29 is 4.74 Å². The Hall–Kier alpha value is -1.79. The first-order valence-corrected chi connectivity index (χ1v) is 6.76. The van der Waals surface area contributed by atoms with Crippen LogP contribution in [-0.4, -0.2) is 6.54 Å². The molecular formula is C17H16ClNO. The van der Waals surface area contributed by atoms with E-state index in [0.717, 1.165) is 21.7 Å². The maximum Gasteiger partial charge on any atom is 0.0721 e. The van der Waals surface area contributed by atoms with Crippen LogP contribution in [0.3, 0.4) is 0 Å². The Morgan fingerprint density at radius 1 is 0.900 bits per heavy atom. The summed E-state index contributed by atoms with van der Waals surface area (Å²) in [6.45, 7) is 1.53. The van der Waals surface area contributed by atoms with Gasteiger partial charge in [-0.3, -0.25) is 0 Å². The second-order valence-corrected chi connectivity index (χ2v) is 4.76. The van der Waals surface area contributed by atoms with Crippen LogP contribution >= 0.6 is 11.6 Å². The van der Waals surface area contributed by atoms with Gasteiger partial charge in [0.25, 0.3) is 0 Å². The first-order valence-electron chi connectivity index (χ1n) is 6.38. The summed E-state index contributed by atoms with van der Waals surface area (Å²) in [5, 5.41) is 0.739. The lowest BCUT2D eigenvalue weighted by atomic mass is 10.1. The predicted molar refractivity (Wildman–Crippen MR) is 82.3 cm³/mol. The van der Waals surface area contributed by atoms with E-state index in [1.165, 1.54) is 0 Å². The summed E-state index contributed by atoms with van der Waals surface area (Å²) in [7, 11) is 0. The Balaban J connectivity index is 1.83. The largest absolute Gasteiger partial charge is 0.372 e. The minimum Gasteiger partial charge on any atom is -0.372 e. The molecule has 0 aliphatic rings. The fourth-order valence-electron chi connectivity index (χ4n) is 1.70. The minimum absolute atomic E-state index is 0.381. The molecule has 0 heterocycles. The zero-order chi connectivity index (χ0) is 14.2. The highest BCUT2D eigenvalue weighted by Crippen LogP contribution is 2.11. The second-order valence-electron chi connectivity index (χ2n) is 4.32. The second kappa shape index (κ2) is 7.72. The van der Waals surface area contributed by atoms with Crippen LogP contribution in [0.1, 0.15) is 16.7 Å². The van der Waals surface area contributed by atoms with Crippen molar-refractivity contribution in [2.75, 3.05) is 6.54 Å². The van der Waals surface area contributed by atoms with Gasteiger partial charge in [-0.2, -0.15) is 0 Å². The molecule has 3 heteroatoms. The molecule has 102 valence electrons. The van der Waals surface area contributed by atoms with Gasteiger partial charge in [0, 0.05) is 10.6 Å². The number of hydrogen-bond donors (Lipinski definition) is 1. The summed E-state index contributed by atoms with van der Waals surface area (Å²) in [5.74, 6) is 5.82. The summed E-state index contributed by atoms with van der Waals surface area (Å²) in [4.78, 5) is 0. The summed E-state index contributed by atoms with van der Waals surface area (Å²) >= 11 is 5.83. The van der Waals surface area contributed by atoms with Crippen LogP contribution in [0.2, 0.25) is 5.02 Å². The fourth-order valence-corrected chi connectivity index (χ4v) is 1.83. The topological polar surface area (TPSA) is 35.2 Å². The van der Waals surface area contributed by atoms with Crippen molar-refractivity contribution >= 4 is 11.6 Å². The van der Waals surface area contributed by atoms with Gasteiger partial charge in [0.15, 0.2) is 0 Å². The van der Waals surface area contributed by atoms with Gasteiger partial charge in [-0.15, -0.1) is 0 Å². The van der Waals surface area contributed by atoms with E-state index in [2.05, 4.69) is 11.8 Å². The standard InChI is InChI=1S/C17H16ClNO/c18-17-9-7-16(8-10-17)13-20-12-15-5-3-14(4-6-15)2-1-11-19/h3-10H,11-13,19H2. The molecule has 2 rings (SSSR count). The molecule has 0 aromatic heterocycles. The van der Waals surface area contributed by atoms with Gasteiger partial charge in [0.2, 0.25) is 0 Å². The third-order valence-electron chi connectivity index (χ3n) is 2.74. The molecule has 2 N–H and O–H groups in total. The van der Waals surface area contributed by atoms with E-state index < -0.39 is 0 Å². The van der Waals surface area contributed by atoms with Crippen LogP contribution in [0.25, 0.3) is 0 Å². The highest BCUT2D eigenvalue weighted by atomic mass is 35.5. The normalized spacial score (nSPS) is 9.90. The molecule has 0 fully saturated rings. The highest BCUT2D eigenvalue weighted by molar-refractivity contribution is 6.30. The van der Waals surface area contributed by atoms with Gasteiger partial charge in [-0.05, 0) is 35.4 Å². The molecular weight excluding hydrogens is 270 g/mol. The Morgan fingerprint density at radius 3 is 2.00 bits per heavy atom. The van der Waals surface area contributed by atoms with Gasteiger partial charge in [0.05, 0.1) is 19.8 Å². The number of hydrogen-bond acceptors (Lipinski definition) is 2. The van der Waals surface area contributed by atoms with Gasteiger partial charge in [-0.1, -0.05) is 47.7 Å². The minimum atomic E-state index is 0.381. The summed E-state index contributed by atoms with van der Waals surface area (Å²) < 4.78 is 5.67. The van der Waals surface area contributed by atoms with Crippen LogP contribution < -0.4 is 5.73 Å². The molecule has 2 aromatic rings. The van der Waals surface area contributed by atoms with Gasteiger partial charge < -0.3 is 10.5 Å². The van der Waals surface area contributed by atoms with Crippen molar-refractivity contribution in [2.45, 2.75) is 13.2 Å². The maximum atomic E-state index is 5.83.